The molecule has 0 saturated carbocycles. The highest BCUT2D eigenvalue weighted by Crippen LogP contribution is 2.31. The van der Waals surface area contributed by atoms with E-state index >= 15 is 0 Å². The van der Waals surface area contributed by atoms with Crippen LogP contribution in [0.2, 0.25) is 10.0 Å². The Labute approximate surface area is 112 Å². The Kier molecular flexibility index (Phi) is 4.69. The van der Waals surface area contributed by atoms with Crippen molar-refractivity contribution < 1.29 is 4.74 Å². The van der Waals surface area contributed by atoms with E-state index in [1.54, 1.807) is 6.07 Å². The van der Waals surface area contributed by atoms with Crippen LogP contribution in [-0.4, -0.2) is 13.2 Å². The summed E-state index contributed by atoms with van der Waals surface area (Å²) in [4.78, 5) is 0. The molecular weight excluding hydrogens is 257 g/mol. The molecule has 1 fully saturated rings. The predicted molar refractivity (Wildman–Crippen MR) is 71.6 cm³/mol. The summed E-state index contributed by atoms with van der Waals surface area (Å²) in [6.45, 7) is 1.70. The zero-order chi connectivity index (χ0) is 12.3. The maximum Gasteiger partial charge on any atom is 0.0468 e. The van der Waals surface area contributed by atoms with Crippen LogP contribution in [0.3, 0.4) is 0 Å². The third-order valence-corrected chi connectivity index (χ3v) is 3.86. The molecule has 4 heteroatoms. The maximum atomic E-state index is 6.21. The average Bonchev–Trinajstić information content (AvgIpc) is 2.33. The van der Waals surface area contributed by atoms with Crippen LogP contribution in [0.1, 0.15) is 30.9 Å². The Hall–Kier alpha value is -0.280. The van der Waals surface area contributed by atoms with Gasteiger partial charge in [0.15, 0.2) is 0 Å². The molecule has 2 nitrogen and oxygen atoms in total. The number of benzene rings is 1. The highest BCUT2D eigenvalue weighted by atomic mass is 35.5. The first kappa shape index (κ1) is 13.2. The van der Waals surface area contributed by atoms with Gasteiger partial charge in [-0.1, -0.05) is 23.2 Å². The number of hydrogen-bond donors (Lipinski definition) is 1. The fraction of sp³-hybridized carbons (Fsp3) is 0.538. The molecule has 1 aromatic carbocycles. The van der Waals surface area contributed by atoms with Gasteiger partial charge < -0.3 is 10.5 Å². The molecule has 1 aromatic rings. The number of nitrogens with two attached hydrogens (primary N) is 1. The number of halogens is 2. The topological polar surface area (TPSA) is 35.2 Å². The predicted octanol–water partition coefficient (Wildman–Crippen LogP) is 3.81. The van der Waals surface area contributed by atoms with Gasteiger partial charge in [0.1, 0.15) is 0 Å². The molecule has 0 aliphatic carbocycles. The molecule has 1 heterocycles. The molecule has 0 radical (unpaired) electrons. The van der Waals surface area contributed by atoms with Crippen molar-refractivity contribution in [1.82, 2.24) is 0 Å². The van der Waals surface area contributed by atoms with Crippen molar-refractivity contribution >= 4 is 23.2 Å². The lowest BCUT2D eigenvalue weighted by Gasteiger charge is -2.25. The van der Waals surface area contributed by atoms with Gasteiger partial charge in [-0.05, 0) is 48.9 Å². The lowest BCUT2D eigenvalue weighted by atomic mass is 9.90. The molecule has 2 N–H and O–H groups in total. The molecule has 17 heavy (non-hydrogen) atoms. The van der Waals surface area contributed by atoms with Crippen molar-refractivity contribution in [3.05, 3.63) is 33.8 Å². The average molecular weight is 274 g/mol. The van der Waals surface area contributed by atoms with E-state index < -0.39 is 0 Å². The smallest absolute Gasteiger partial charge is 0.0468 e. The van der Waals surface area contributed by atoms with E-state index in [-0.39, 0.29) is 6.04 Å². The third-order valence-electron chi connectivity index (χ3n) is 3.29. The molecule has 1 aliphatic rings. The summed E-state index contributed by atoms with van der Waals surface area (Å²) < 4.78 is 5.34. The van der Waals surface area contributed by atoms with Gasteiger partial charge in [-0.3, -0.25) is 0 Å². The molecule has 1 saturated heterocycles. The van der Waals surface area contributed by atoms with E-state index in [0.717, 1.165) is 38.0 Å². The first-order chi connectivity index (χ1) is 8.16. The van der Waals surface area contributed by atoms with Crippen LogP contribution in [0.5, 0.6) is 0 Å². The van der Waals surface area contributed by atoms with Crippen molar-refractivity contribution in [3.63, 3.8) is 0 Å². The normalized spacial score (nSPS) is 19.2. The lowest BCUT2D eigenvalue weighted by molar-refractivity contribution is 0.0618. The number of rotatable bonds is 3. The first-order valence-electron chi connectivity index (χ1n) is 5.95. The first-order valence-corrected chi connectivity index (χ1v) is 6.70. The van der Waals surface area contributed by atoms with Crippen molar-refractivity contribution in [2.24, 2.45) is 11.7 Å². The van der Waals surface area contributed by atoms with Crippen molar-refractivity contribution in [1.29, 1.82) is 0 Å². The highest BCUT2D eigenvalue weighted by Gasteiger charge is 2.19. The molecule has 1 atom stereocenters. The van der Waals surface area contributed by atoms with E-state index in [2.05, 4.69) is 0 Å². The van der Waals surface area contributed by atoms with Gasteiger partial charge in [0.2, 0.25) is 0 Å². The minimum Gasteiger partial charge on any atom is -0.381 e. The van der Waals surface area contributed by atoms with Gasteiger partial charge in [-0.15, -0.1) is 0 Å². The van der Waals surface area contributed by atoms with Crippen molar-refractivity contribution in [3.8, 4) is 0 Å². The molecule has 0 aromatic heterocycles. The second kappa shape index (κ2) is 6.05. The Bertz CT molecular complexity index is 378. The third kappa shape index (κ3) is 3.59. The summed E-state index contributed by atoms with van der Waals surface area (Å²) in [5.41, 5.74) is 7.16. The van der Waals surface area contributed by atoms with Gasteiger partial charge in [0.25, 0.3) is 0 Å². The number of ether oxygens (including phenoxy) is 1. The zero-order valence-corrected chi connectivity index (χ0v) is 11.2. The number of hydrogen-bond acceptors (Lipinski definition) is 2. The van der Waals surface area contributed by atoms with Crippen molar-refractivity contribution in [2.45, 2.75) is 25.3 Å². The molecule has 0 bridgehead atoms. The lowest BCUT2D eigenvalue weighted by Crippen LogP contribution is -2.21. The minimum absolute atomic E-state index is 0.0377. The zero-order valence-electron chi connectivity index (χ0n) is 9.66. The second-order valence-corrected chi connectivity index (χ2v) is 5.41. The summed E-state index contributed by atoms with van der Waals surface area (Å²) in [5.74, 6) is 0.633. The monoisotopic (exact) mass is 273 g/mol. The second-order valence-electron chi connectivity index (χ2n) is 4.56. The Morgan fingerprint density at radius 2 is 2.00 bits per heavy atom. The fourth-order valence-electron chi connectivity index (χ4n) is 2.27. The van der Waals surface area contributed by atoms with E-state index in [1.165, 1.54) is 0 Å². The van der Waals surface area contributed by atoms with Crippen LogP contribution >= 0.6 is 23.2 Å². The maximum absolute atomic E-state index is 6.21. The van der Waals surface area contributed by atoms with E-state index in [4.69, 9.17) is 33.7 Å². The largest absolute Gasteiger partial charge is 0.381 e. The summed E-state index contributed by atoms with van der Waals surface area (Å²) >= 11 is 12.1. The standard InChI is InChI=1S/C13H17Cl2NO/c14-10-1-2-12(15)11(8-10)13(16)7-9-3-5-17-6-4-9/h1-2,8-9,13H,3-7,16H2. The molecule has 1 aliphatic heterocycles. The molecule has 0 amide bonds. The van der Waals surface area contributed by atoms with E-state index in [0.29, 0.717) is 16.0 Å². The highest BCUT2D eigenvalue weighted by molar-refractivity contribution is 6.33. The quantitative estimate of drug-likeness (QED) is 0.909. The summed E-state index contributed by atoms with van der Waals surface area (Å²) in [7, 11) is 0. The molecular formula is C13H17Cl2NO. The van der Waals surface area contributed by atoms with Crippen LogP contribution in [0.4, 0.5) is 0 Å². The van der Waals surface area contributed by atoms with E-state index in [1.807, 2.05) is 12.1 Å². The van der Waals surface area contributed by atoms with Crippen LogP contribution < -0.4 is 5.73 Å². The van der Waals surface area contributed by atoms with Gasteiger partial charge in [0.05, 0.1) is 0 Å². The van der Waals surface area contributed by atoms with Gasteiger partial charge in [0, 0.05) is 29.3 Å². The molecule has 1 unspecified atom stereocenters. The van der Waals surface area contributed by atoms with Crippen molar-refractivity contribution in [2.75, 3.05) is 13.2 Å². The Balaban J connectivity index is 2.02. The Morgan fingerprint density at radius 3 is 2.71 bits per heavy atom. The molecule has 94 valence electrons. The summed E-state index contributed by atoms with van der Waals surface area (Å²) in [6, 6.07) is 5.43. The van der Waals surface area contributed by atoms with Crippen LogP contribution in [0.15, 0.2) is 18.2 Å². The van der Waals surface area contributed by atoms with Crippen LogP contribution in [0.25, 0.3) is 0 Å². The Morgan fingerprint density at radius 1 is 1.29 bits per heavy atom. The van der Waals surface area contributed by atoms with Gasteiger partial charge in [-0.25, -0.2) is 0 Å². The summed E-state index contributed by atoms with van der Waals surface area (Å²) in [5, 5.41) is 1.39. The SMILES string of the molecule is NC(CC1CCOCC1)c1cc(Cl)ccc1Cl. The van der Waals surface area contributed by atoms with E-state index in [9.17, 15) is 0 Å². The minimum atomic E-state index is -0.0377. The van der Waals surface area contributed by atoms with Crippen LogP contribution in [0, 0.1) is 5.92 Å². The van der Waals surface area contributed by atoms with Gasteiger partial charge in [-0.2, -0.15) is 0 Å². The fourth-order valence-corrected chi connectivity index (χ4v) is 2.71. The molecule has 0 spiro atoms. The summed E-state index contributed by atoms with van der Waals surface area (Å²) in [6.07, 6.45) is 3.13. The van der Waals surface area contributed by atoms with Crippen LogP contribution in [-0.2, 0) is 4.74 Å². The molecule has 2 rings (SSSR count). The van der Waals surface area contributed by atoms with Gasteiger partial charge >= 0.3 is 0 Å².